The molecule has 1 heterocycles. The van der Waals surface area contributed by atoms with Gasteiger partial charge in [0, 0.05) is 22.9 Å². The van der Waals surface area contributed by atoms with E-state index in [1.807, 2.05) is 17.8 Å². The molecule has 0 unspecified atom stereocenters. The van der Waals surface area contributed by atoms with E-state index in [4.69, 9.17) is 4.74 Å². The van der Waals surface area contributed by atoms with Gasteiger partial charge >= 0.3 is 0 Å². The Morgan fingerprint density at radius 1 is 1.50 bits per heavy atom. The molecule has 2 rings (SSSR count). The molecule has 1 aromatic rings. The molecule has 2 nitrogen and oxygen atoms in total. The quantitative estimate of drug-likeness (QED) is 0.717. The molecule has 3 heteroatoms. The third-order valence-electron chi connectivity index (χ3n) is 1.86. The smallest absolute Gasteiger partial charge is 0.120 e. The summed E-state index contributed by atoms with van der Waals surface area (Å²) in [4.78, 5) is 1.29. The van der Waals surface area contributed by atoms with Gasteiger partial charge in [-0.15, -0.1) is 11.8 Å². The van der Waals surface area contributed by atoms with Crippen molar-refractivity contribution < 1.29 is 4.74 Å². The van der Waals surface area contributed by atoms with Crippen molar-refractivity contribution in [1.29, 1.82) is 0 Å². The minimum absolute atomic E-state index is 0.935. The second-order valence-electron chi connectivity index (χ2n) is 2.64. The summed E-state index contributed by atoms with van der Waals surface area (Å²) in [6, 6.07) is 6.13. The van der Waals surface area contributed by atoms with E-state index in [1.165, 1.54) is 10.6 Å². The van der Waals surface area contributed by atoms with E-state index in [2.05, 4.69) is 17.4 Å². The SMILES string of the molecule is COc1ccc2c(c1)SCCN2. The van der Waals surface area contributed by atoms with Gasteiger partial charge in [0.2, 0.25) is 0 Å². The number of ether oxygens (including phenoxy) is 1. The maximum absolute atomic E-state index is 5.14. The highest BCUT2D eigenvalue weighted by atomic mass is 32.2. The second kappa shape index (κ2) is 3.27. The topological polar surface area (TPSA) is 21.3 Å². The zero-order chi connectivity index (χ0) is 8.39. The third kappa shape index (κ3) is 1.37. The number of methoxy groups -OCH3 is 1. The van der Waals surface area contributed by atoms with Crippen LogP contribution in [0.5, 0.6) is 5.75 Å². The molecule has 1 aromatic carbocycles. The molecule has 1 aliphatic heterocycles. The van der Waals surface area contributed by atoms with Crippen molar-refractivity contribution >= 4 is 17.4 Å². The lowest BCUT2D eigenvalue weighted by Crippen LogP contribution is -2.09. The lowest BCUT2D eigenvalue weighted by molar-refractivity contribution is 0.414. The van der Waals surface area contributed by atoms with E-state index in [0.717, 1.165) is 18.0 Å². The zero-order valence-electron chi connectivity index (χ0n) is 6.96. The number of anilines is 1. The monoisotopic (exact) mass is 181 g/mol. The average Bonchev–Trinajstić information content (AvgIpc) is 2.17. The van der Waals surface area contributed by atoms with E-state index in [-0.39, 0.29) is 0 Å². The molecule has 0 saturated carbocycles. The van der Waals surface area contributed by atoms with Crippen molar-refractivity contribution in [3.8, 4) is 5.75 Å². The number of hydrogen-bond acceptors (Lipinski definition) is 3. The van der Waals surface area contributed by atoms with Gasteiger partial charge in [0.1, 0.15) is 5.75 Å². The highest BCUT2D eigenvalue weighted by Gasteiger charge is 2.08. The molecule has 0 aromatic heterocycles. The molecule has 64 valence electrons. The largest absolute Gasteiger partial charge is 0.497 e. The molecular weight excluding hydrogens is 170 g/mol. The molecule has 1 N–H and O–H groups in total. The number of benzene rings is 1. The Bertz CT molecular complexity index is 288. The van der Waals surface area contributed by atoms with Crippen LogP contribution in [-0.4, -0.2) is 19.4 Å². The van der Waals surface area contributed by atoms with Crippen LogP contribution in [0, 0.1) is 0 Å². The predicted octanol–water partition coefficient (Wildman–Crippen LogP) is 2.21. The van der Waals surface area contributed by atoms with Crippen LogP contribution in [0.25, 0.3) is 0 Å². The standard InChI is InChI=1S/C9H11NOS/c1-11-7-2-3-8-9(6-7)12-5-4-10-8/h2-3,6,10H,4-5H2,1H3. The van der Waals surface area contributed by atoms with E-state index < -0.39 is 0 Å². The summed E-state index contributed by atoms with van der Waals surface area (Å²) in [5, 5.41) is 3.34. The van der Waals surface area contributed by atoms with Crippen molar-refractivity contribution in [3.63, 3.8) is 0 Å². The van der Waals surface area contributed by atoms with E-state index in [1.54, 1.807) is 7.11 Å². The third-order valence-corrected chi connectivity index (χ3v) is 2.92. The first kappa shape index (κ1) is 7.80. The Balaban J connectivity index is 2.36. The van der Waals surface area contributed by atoms with Crippen molar-refractivity contribution in [2.24, 2.45) is 0 Å². The van der Waals surface area contributed by atoms with Gasteiger partial charge in [-0.2, -0.15) is 0 Å². The molecule has 0 bridgehead atoms. The molecule has 0 radical (unpaired) electrons. The highest BCUT2D eigenvalue weighted by molar-refractivity contribution is 7.99. The molecule has 0 saturated heterocycles. The minimum Gasteiger partial charge on any atom is -0.497 e. The van der Waals surface area contributed by atoms with Crippen molar-refractivity contribution in [1.82, 2.24) is 0 Å². The van der Waals surface area contributed by atoms with Gasteiger partial charge in [0.05, 0.1) is 7.11 Å². The summed E-state index contributed by atoms with van der Waals surface area (Å²) >= 11 is 1.88. The summed E-state index contributed by atoms with van der Waals surface area (Å²) in [6.45, 7) is 1.06. The van der Waals surface area contributed by atoms with Crippen LogP contribution >= 0.6 is 11.8 Å². The van der Waals surface area contributed by atoms with Gasteiger partial charge in [0.25, 0.3) is 0 Å². The van der Waals surface area contributed by atoms with Crippen molar-refractivity contribution in [2.45, 2.75) is 4.90 Å². The predicted molar refractivity (Wildman–Crippen MR) is 52.2 cm³/mol. The van der Waals surface area contributed by atoms with Crippen molar-refractivity contribution in [3.05, 3.63) is 18.2 Å². The van der Waals surface area contributed by atoms with Crippen LogP contribution in [0.3, 0.4) is 0 Å². The zero-order valence-corrected chi connectivity index (χ0v) is 7.78. The maximum atomic E-state index is 5.14. The summed E-state index contributed by atoms with van der Waals surface area (Å²) in [6.07, 6.45) is 0. The first-order valence-electron chi connectivity index (χ1n) is 3.95. The molecule has 0 atom stereocenters. The van der Waals surface area contributed by atoms with Gasteiger partial charge in [-0.1, -0.05) is 0 Å². The second-order valence-corrected chi connectivity index (χ2v) is 3.77. The molecule has 0 fully saturated rings. The molecule has 0 amide bonds. The van der Waals surface area contributed by atoms with Crippen LogP contribution in [-0.2, 0) is 0 Å². The van der Waals surface area contributed by atoms with Gasteiger partial charge in [-0.05, 0) is 18.2 Å². The number of nitrogens with one attached hydrogen (secondary N) is 1. The number of hydrogen-bond donors (Lipinski definition) is 1. The van der Waals surface area contributed by atoms with E-state index in [9.17, 15) is 0 Å². The van der Waals surface area contributed by atoms with Crippen LogP contribution < -0.4 is 10.1 Å². The number of thioether (sulfide) groups is 1. The van der Waals surface area contributed by atoms with Gasteiger partial charge in [-0.3, -0.25) is 0 Å². The lowest BCUT2D eigenvalue weighted by atomic mass is 10.3. The first-order valence-corrected chi connectivity index (χ1v) is 4.93. The van der Waals surface area contributed by atoms with Gasteiger partial charge in [0.15, 0.2) is 0 Å². The fourth-order valence-electron chi connectivity index (χ4n) is 1.24. The summed E-state index contributed by atoms with van der Waals surface area (Å²) in [7, 11) is 1.70. The summed E-state index contributed by atoms with van der Waals surface area (Å²) in [5.41, 5.74) is 1.23. The molecule has 0 aliphatic carbocycles. The molecule has 0 spiro atoms. The first-order chi connectivity index (χ1) is 5.90. The van der Waals surface area contributed by atoms with Crippen LogP contribution in [0.15, 0.2) is 23.1 Å². The van der Waals surface area contributed by atoms with Crippen LogP contribution in [0.4, 0.5) is 5.69 Å². The summed E-state index contributed by atoms with van der Waals surface area (Å²) in [5.74, 6) is 2.07. The molecule has 12 heavy (non-hydrogen) atoms. The maximum Gasteiger partial charge on any atom is 0.120 e. The molecule has 1 aliphatic rings. The fraction of sp³-hybridized carbons (Fsp3) is 0.333. The Kier molecular flexibility index (Phi) is 2.13. The Hall–Kier alpha value is -0.830. The van der Waals surface area contributed by atoms with E-state index >= 15 is 0 Å². The van der Waals surface area contributed by atoms with Gasteiger partial charge in [-0.25, -0.2) is 0 Å². The van der Waals surface area contributed by atoms with Gasteiger partial charge < -0.3 is 10.1 Å². The van der Waals surface area contributed by atoms with E-state index in [0.29, 0.717) is 0 Å². The number of rotatable bonds is 1. The highest BCUT2D eigenvalue weighted by Crippen LogP contribution is 2.33. The minimum atomic E-state index is 0.935. The average molecular weight is 181 g/mol. The summed E-state index contributed by atoms with van der Waals surface area (Å²) < 4.78 is 5.14. The Labute approximate surface area is 76.3 Å². The Morgan fingerprint density at radius 2 is 2.42 bits per heavy atom. The fourth-order valence-corrected chi connectivity index (χ4v) is 2.16. The normalized spacial score (nSPS) is 14.8. The van der Waals surface area contributed by atoms with Crippen LogP contribution in [0.1, 0.15) is 0 Å². The molecular formula is C9H11NOS. The lowest BCUT2D eigenvalue weighted by Gasteiger charge is -2.17. The number of fused-ring (bicyclic) bond motifs is 1. The van der Waals surface area contributed by atoms with Crippen molar-refractivity contribution in [2.75, 3.05) is 24.7 Å². The van der Waals surface area contributed by atoms with Crippen LogP contribution in [0.2, 0.25) is 0 Å². The Morgan fingerprint density at radius 3 is 3.25 bits per heavy atom.